The molecule has 2 heterocycles. The Bertz CT molecular complexity index is 992. The van der Waals surface area contributed by atoms with Crippen LogP contribution in [0.4, 0.5) is 10.1 Å². The van der Waals surface area contributed by atoms with Crippen LogP contribution >= 0.6 is 23.2 Å². The van der Waals surface area contributed by atoms with Crippen molar-refractivity contribution in [2.75, 3.05) is 18.5 Å². The minimum Gasteiger partial charge on any atom is -0.395 e. The number of hydrogen-bond donors (Lipinski definition) is 3. The van der Waals surface area contributed by atoms with Crippen molar-refractivity contribution in [3.8, 4) is 0 Å². The van der Waals surface area contributed by atoms with Gasteiger partial charge in [0.15, 0.2) is 0 Å². The molecule has 33 heavy (non-hydrogen) atoms. The van der Waals surface area contributed by atoms with Crippen LogP contribution < -0.4 is 11.1 Å². The molecule has 3 aliphatic rings. The number of anilines is 1. The maximum atomic E-state index is 15.9. The first kappa shape index (κ1) is 24.4. The first-order chi connectivity index (χ1) is 15.8. The van der Waals surface area contributed by atoms with Gasteiger partial charge in [-0.05, 0) is 43.0 Å². The molecule has 5 nitrogen and oxygen atoms in total. The van der Waals surface area contributed by atoms with E-state index >= 15 is 4.39 Å². The van der Waals surface area contributed by atoms with Gasteiger partial charge in [-0.25, -0.2) is 4.39 Å². The molecule has 1 aromatic carbocycles. The summed E-state index contributed by atoms with van der Waals surface area (Å²) < 4.78 is 15.9. The lowest BCUT2D eigenvalue weighted by Crippen LogP contribution is -2.54. The third-order valence-corrected chi connectivity index (χ3v) is 7.68. The highest BCUT2D eigenvalue weighted by Crippen LogP contribution is 2.55. The number of benzene rings is 1. The van der Waals surface area contributed by atoms with Crippen molar-refractivity contribution < 1.29 is 14.3 Å². The second-order valence-electron chi connectivity index (χ2n) is 9.23. The summed E-state index contributed by atoms with van der Waals surface area (Å²) in [5.41, 5.74) is 6.42. The highest BCUT2D eigenvalue weighted by atomic mass is 35.5. The van der Waals surface area contributed by atoms with E-state index in [9.17, 15) is 9.90 Å². The van der Waals surface area contributed by atoms with Crippen molar-refractivity contribution in [2.45, 2.75) is 49.7 Å². The summed E-state index contributed by atoms with van der Waals surface area (Å²) in [6.07, 6.45) is 9.75. The van der Waals surface area contributed by atoms with Crippen LogP contribution in [0.1, 0.15) is 37.7 Å². The number of allylic oxidation sites excluding steroid dienone is 4. The Balaban J connectivity index is 1.87. The lowest BCUT2D eigenvalue weighted by atomic mass is 9.76. The maximum Gasteiger partial charge on any atom is 0.250 e. The predicted octanol–water partition coefficient (Wildman–Crippen LogP) is 4.85. The summed E-state index contributed by atoms with van der Waals surface area (Å²) in [6, 6.07) is 3.78. The molecular formula is C25H30Cl2FN3O2. The van der Waals surface area contributed by atoms with Crippen LogP contribution in [0.5, 0.6) is 0 Å². The van der Waals surface area contributed by atoms with Crippen molar-refractivity contribution in [3.63, 3.8) is 0 Å². The number of hydrogen-bond acceptors (Lipinski definition) is 4. The van der Waals surface area contributed by atoms with Gasteiger partial charge in [0, 0.05) is 39.9 Å². The summed E-state index contributed by atoms with van der Waals surface area (Å²) in [5, 5.41) is 14.0. The van der Waals surface area contributed by atoms with E-state index in [0.29, 0.717) is 28.7 Å². The molecule has 1 saturated heterocycles. The number of fused-ring (bicyclic) bond motifs is 2. The molecule has 1 aromatic rings. The van der Waals surface area contributed by atoms with E-state index in [4.69, 9.17) is 28.9 Å². The van der Waals surface area contributed by atoms with Gasteiger partial charge in [-0.1, -0.05) is 61.2 Å². The summed E-state index contributed by atoms with van der Waals surface area (Å²) in [7, 11) is 0. The van der Waals surface area contributed by atoms with Crippen LogP contribution in [-0.4, -0.2) is 41.1 Å². The zero-order chi connectivity index (χ0) is 23.8. The summed E-state index contributed by atoms with van der Waals surface area (Å²) in [5.74, 6) is -1.53. The molecule has 0 bridgehead atoms. The Morgan fingerprint density at radius 2 is 2.09 bits per heavy atom. The second-order valence-corrected chi connectivity index (χ2v) is 10.2. The Hall–Kier alpha value is -1.70. The molecule has 4 rings (SSSR count). The monoisotopic (exact) mass is 493 g/mol. The molecule has 8 heteroatoms. The molecule has 0 unspecified atom stereocenters. The summed E-state index contributed by atoms with van der Waals surface area (Å²) in [6.45, 7) is 3.86. The maximum absolute atomic E-state index is 15.9. The zero-order valence-corrected chi connectivity index (χ0v) is 20.0. The van der Waals surface area contributed by atoms with Crippen molar-refractivity contribution in [3.05, 3.63) is 64.5 Å². The average molecular weight is 494 g/mol. The minimum atomic E-state index is -1.38. The highest BCUT2D eigenvalue weighted by Gasteiger charge is 2.66. The van der Waals surface area contributed by atoms with Crippen molar-refractivity contribution in [1.82, 2.24) is 4.90 Å². The molecule has 4 N–H and O–H groups in total. The van der Waals surface area contributed by atoms with Crippen LogP contribution in [0.15, 0.2) is 53.9 Å². The van der Waals surface area contributed by atoms with Crippen molar-refractivity contribution in [1.29, 1.82) is 0 Å². The second kappa shape index (κ2) is 9.88. The molecule has 4 atom stereocenters. The fraction of sp³-hybridized carbons (Fsp3) is 0.480. The number of halogens is 3. The van der Waals surface area contributed by atoms with Gasteiger partial charge >= 0.3 is 0 Å². The first-order valence-electron chi connectivity index (χ1n) is 11.4. The van der Waals surface area contributed by atoms with Crippen LogP contribution in [0.25, 0.3) is 0 Å². The molecule has 1 aliphatic carbocycles. The average Bonchev–Trinajstić information content (AvgIpc) is 3.19. The van der Waals surface area contributed by atoms with Crippen molar-refractivity contribution >= 4 is 34.8 Å². The molecule has 1 amide bonds. The summed E-state index contributed by atoms with van der Waals surface area (Å²) >= 11 is 12.0. The lowest BCUT2D eigenvalue weighted by molar-refractivity contribution is -0.129. The number of rotatable bonds is 6. The van der Waals surface area contributed by atoms with Crippen LogP contribution in [0.2, 0.25) is 5.02 Å². The fourth-order valence-corrected chi connectivity index (χ4v) is 6.16. The van der Waals surface area contributed by atoms with Gasteiger partial charge in [0.05, 0.1) is 12.5 Å². The van der Waals surface area contributed by atoms with Gasteiger partial charge in [-0.15, -0.1) is 0 Å². The van der Waals surface area contributed by atoms with Crippen LogP contribution in [0.3, 0.4) is 0 Å². The Kier molecular flexibility index (Phi) is 7.32. The van der Waals surface area contributed by atoms with E-state index in [1.54, 1.807) is 18.2 Å². The smallest absolute Gasteiger partial charge is 0.250 e. The largest absolute Gasteiger partial charge is 0.395 e. The SMILES string of the molecule is C=C(Cl)/C=C\C=C(/F)[C@H]1[C@H](N)[C@H](CO)N(CC2CCCCC2)[C@@]12C(=O)Nc1cc(Cl)ccc12. The van der Waals surface area contributed by atoms with E-state index in [2.05, 4.69) is 11.9 Å². The highest BCUT2D eigenvalue weighted by molar-refractivity contribution is 6.31. The molecule has 1 spiro atoms. The summed E-state index contributed by atoms with van der Waals surface area (Å²) in [4.78, 5) is 15.7. The van der Waals surface area contributed by atoms with Gasteiger partial charge in [0.1, 0.15) is 11.4 Å². The number of nitrogens with two attached hydrogens (primary N) is 1. The van der Waals surface area contributed by atoms with Crippen LogP contribution in [-0.2, 0) is 10.3 Å². The zero-order valence-electron chi connectivity index (χ0n) is 18.4. The minimum absolute atomic E-state index is 0.259. The van der Waals surface area contributed by atoms with E-state index in [-0.39, 0.29) is 17.5 Å². The van der Waals surface area contributed by atoms with Crippen molar-refractivity contribution in [2.24, 2.45) is 17.6 Å². The Labute approximate surface area is 204 Å². The molecule has 0 aromatic heterocycles. The molecule has 178 valence electrons. The van der Waals surface area contributed by atoms with E-state index in [1.807, 2.05) is 4.90 Å². The number of nitrogens with zero attached hydrogens (tertiary/aromatic N) is 1. The van der Waals surface area contributed by atoms with E-state index < -0.39 is 29.4 Å². The molecule has 2 fully saturated rings. The lowest BCUT2D eigenvalue weighted by Gasteiger charge is -2.41. The third-order valence-electron chi connectivity index (χ3n) is 7.32. The number of likely N-dealkylation sites (tertiary alicyclic amines) is 1. The quantitative estimate of drug-likeness (QED) is 0.494. The number of carbonyl (C=O) groups excluding carboxylic acids is 1. The van der Waals surface area contributed by atoms with Crippen LogP contribution in [0, 0.1) is 11.8 Å². The molecule has 1 saturated carbocycles. The Morgan fingerprint density at radius 3 is 2.76 bits per heavy atom. The number of carbonyl (C=O) groups is 1. The van der Waals surface area contributed by atoms with Gasteiger partial charge in [0.2, 0.25) is 5.91 Å². The third kappa shape index (κ3) is 4.28. The number of aliphatic hydroxyl groups excluding tert-OH is 1. The van der Waals surface area contributed by atoms with E-state index in [1.165, 1.54) is 24.6 Å². The molecule has 2 aliphatic heterocycles. The number of aliphatic hydroxyl groups is 1. The standard InChI is InChI=1S/C25H30Cl2FN3O2/c1-15(26)6-5-9-19(28)22-23(29)21(14-32)31(13-16-7-3-2-4-8-16)25(22)18-11-10-17(27)12-20(18)30-24(25)33/h5-6,9-12,16,21-23,32H,1-4,7-8,13-14,29H2,(H,30,33)/b6-5-,19-9-/t21-,22-,23+,25+/m0/s1. The normalized spacial score (nSPS) is 30.9. The number of amides is 1. The van der Waals surface area contributed by atoms with Gasteiger partial charge in [-0.3, -0.25) is 9.69 Å². The van der Waals surface area contributed by atoms with Gasteiger partial charge in [-0.2, -0.15) is 0 Å². The predicted molar refractivity (Wildman–Crippen MR) is 131 cm³/mol. The molecule has 0 radical (unpaired) electrons. The fourth-order valence-electron chi connectivity index (χ4n) is 5.91. The van der Waals surface area contributed by atoms with E-state index in [0.717, 1.165) is 25.7 Å². The molecular weight excluding hydrogens is 464 g/mol. The first-order valence-corrected chi connectivity index (χ1v) is 12.2. The number of nitrogens with one attached hydrogen (secondary N) is 1. The van der Waals surface area contributed by atoms with Gasteiger partial charge < -0.3 is 16.2 Å². The van der Waals surface area contributed by atoms with Gasteiger partial charge in [0.25, 0.3) is 0 Å². The Morgan fingerprint density at radius 1 is 1.36 bits per heavy atom. The topological polar surface area (TPSA) is 78.6 Å².